The number of nitrogens with zero attached hydrogens (tertiary/aromatic N) is 1. The van der Waals surface area contributed by atoms with Crippen molar-refractivity contribution in [1.29, 1.82) is 5.26 Å². The predicted molar refractivity (Wildman–Crippen MR) is 35.8 cm³/mol. The van der Waals surface area contributed by atoms with Gasteiger partial charge in [0.05, 0.1) is 6.67 Å². The number of hydrogen-bond donors (Lipinski definition) is 0. The number of halogens is 1. The van der Waals surface area contributed by atoms with Crippen LogP contribution in [-0.2, 0) is 0 Å². The Morgan fingerprint density at radius 1 is 1.88 bits per heavy atom. The van der Waals surface area contributed by atoms with Crippen molar-refractivity contribution in [1.82, 2.24) is 0 Å². The Morgan fingerprint density at radius 2 is 2.50 bits per heavy atom. The van der Waals surface area contributed by atoms with E-state index in [-0.39, 0.29) is 6.67 Å². The van der Waals surface area contributed by atoms with Crippen molar-refractivity contribution >= 4 is 15.9 Å². The van der Waals surface area contributed by atoms with Crippen molar-refractivity contribution in [3.8, 4) is 5.40 Å². The lowest BCUT2D eigenvalue weighted by molar-refractivity contribution is 0.533. The molecule has 0 aliphatic rings. The van der Waals surface area contributed by atoms with Gasteiger partial charge in [-0.1, -0.05) is 15.9 Å². The molecular formula is C5H8FNS. The summed E-state index contributed by atoms with van der Waals surface area (Å²) in [6.45, 7) is 1.39. The number of rotatable bonds is 2. The Hall–Kier alpha value is -0.360. The molecule has 0 N–H and O–H groups in total. The zero-order chi connectivity index (χ0) is 6.41. The minimum atomic E-state index is -0.433. The van der Waals surface area contributed by atoms with Gasteiger partial charge in [0.25, 0.3) is 0 Å². The molecule has 1 atom stereocenters. The maximum absolute atomic E-state index is 11.5. The number of thiocyanates is 1. The van der Waals surface area contributed by atoms with E-state index in [9.17, 15) is 4.39 Å². The molecule has 0 radical (unpaired) electrons. The number of hydrogen-bond acceptors (Lipinski definition) is 1. The number of nitriles is 1. The van der Waals surface area contributed by atoms with Gasteiger partial charge in [-0.2, -0.15) is 5.26 Å². The van der Waals surface area contributed by atoms with Crippen molar-refractivity contribution in [3.05, 3.63) is 0 Å². The lowest BCUT2D eigenvalue weighted by Gasteiger charge is -1.88. The summed E-state index contributed by atoms with van der Waals surface area (Å²) in [7, 11) is -0.433. The second-order valence-electron chi connectivity index (χ2n) is 1.15. The van der Waals surface area contributed by atoms with Crippen LogP contribution in [0.15, 0.2) is 0 Å². The Morgan fingerprint density at radius 3 is 2.62 bits per heavy atom. The summed E-state index contributed by atoms with van der Waals surface area (Å²) in [5, 5.41) is 11.9. The van der Waals surface area contributed by atoms with Crippen LogP contribution in [0.1, 0.15) is 6.92 Å². The molecule has 0 rings (SSSR count). The van der Waals surface area contributed by atoms with E-state index in [1.807, 2.05) is 5.40 Å². The molecular weight excluding hydrogens is 125 g/mol. The molecule has 8 heavy (non-hydrogen) atoms. The van der Waals surface area contributed by atoms with Gasteiger partial charge in [0.1, 0.15) is 5.40 Å². The first-order valence-electron chi connectivity index (χ1n) is 2.30. The molecule has 0 aliphatic carbocycles. The van der Waals surface area contributed by atoms with Gasteiger partial charge in [0, 0.05) is 5.75 Å². The quantitative estimate of drug-likeness (QED) is 0.414. The first-order valence-corrected chi connectivity index (χ1v) is 3.75. The predicted octanol–water partition coefficient (Wildman–Crippen LogP) is 1.53. The van der Waals surface area contributed by atoms with Crippen LogP contribution >= 0.6 is 10.5 Å². The Kier molecular flexibility index (Phi) is 4.58. The maximum Gasteiger partial charge on any atom is 0.126 e. The highest BCUT2D eigenvalue weighted by molar-refractivity contribution is 8.18. The molecule has 0 saturated carbocycles. The molecule has 0 fully saturated rings. The zero-order valence-corrected chi connectivity index (χ0v) is 5.54. The fourth-order valence-corrected chi connectivity index (χ4v) is 0.898. The second-order valence-corrected chi connectivity index (χ2v) is 3.07. The van der Waals surface area contributed by atoms with Crippen LogP contribution in [0, 0.1) is 10.7 Å². The molecule has 0 aromatic rings. The highest BCUT2D eigenvalue weighted by atomic mass is 32.2. The van der Waals surface area contributed by atoms with Crippen molar-refractivity contribution < 1.29 is 4.39 Å². The maximum atomic E-state index is 11.5. The van der Waals surface area contributed by atoms with Gasteiger partial charge in [0.15, 0.2) is 0 Å². The molecule has 0 heterocycles. The lowest BCUT2D eigenvalue weighted by atomic mass is 10.9. The first-order chi connectivity index (χ1) is 3.85. The molecule has 0 saturated heterocycles. The summed E-state index contributed by atoms with van der Waals surface area (Å²) < 4.78 is 11.5. The summed E-state index contributed by atoms with van der Waals surface area (Å²) in [5.74, 6) is 0.368. The Bertz CT molecular complexity index is 125. The van der Waals surface area contributed by atoms with Crippen molar-refractivity contribution in [2.45, 2.75) is 6.92 Å². The van der Waals surface area contributed by atoms with E-state index in [4.69, 9.17) is 5.26 Å². The molecule has 0 aromatic heterocycles. The van der Waals surface area contributed by atoms with Crippen molar-refractivity contribution in [2.24, 2.45) is 0 Å². The molecule has 46 valence electrons. The summed E-state index contributed by atoms with van der Waals surface area (Å²) in [6.07, 6.45) is 0. The molecule has 0 bridgehead atoms. The van der Waals surface area contributed by atoms with Gasteiger partial charge in [-0.15, -0.1) is 0 Å². The molecule has 0 amide bonds. The number of alkyl halides is 1. The third kappa shape index (κ3) is 2.75. The normalized spacial score (nSPS) is 13.1. The van der Waals surface area contributed by atoms with Crippen molar-refractivity contribution in [3.63, 3.8) is 0 Å². The lowest BCUT2D eigenvalue weighted by Crippen LogP contribution is -1.81. The Balaban J connectivity index is 3.60. The van der Waals surface area contributed by atoms with Crippen LogP contribution in [0.2, 0.25) is 0 Å². The largest absolute Gasteiger partial charge is 0.250 e. The smallest absolute Gasteiger partial charge is 0.126 e. The summed E-state index contributed by atoms with van der Waals surface area (Å²) in [5.41, 5.74) is 0. The van der Waals surface area contributed by atoms with Gasteiger partial charge >= 0.3 is 0 Å². The molecule has 0 aliphatic heterocycles. The van der Waals surface area contributed by atoms with Crippen LogP contribution in [0.25, 0.3) is 0 Å². The van der Waals surface area contributed by atoms with Crippen LogP contribution in [0.3, 0.4) is 0 Å². The van der Waals surface area contributed by atoms with E-state index in [2.05, 4.69) is 0 Å². The summed E-state index contributed by atoms with van der Waals surface area (Å²) in [4.78, 5) is 0. The van der Waals surface area contributed by atoms with E-state index in [1.165, 1.54) is 0 Å². The fraction of sp³-hybridized carbons (Fsp3) is 0.600. The highest BCUT2D eigenvalue weighted by Gasteiger charge is 1.86. The minimum Gasteiger partial charge on any atom is -0.250 e. The average Bonchev–Trinajstić information content (AvgIpc) is 1.83. The van der Waals surface area contributed by atoms with Crippen LogP contribution < -0.4 is 0 Å². The topological polar surface area (TPSA) is 23.8 Å². The van der Waals surface area contributed by atoms with Crippen LogP contribution in [0.4, 0.5) is 4.39 Å². The SMILES string of the molecule is CC=S(C#N)CCF. The molecule has 0 spiro atoms. The highest BCUT2D eigenvalue weighted by Crippen LogP contribution is 2.06. The average molecular weight is 133 g/mol. The second kappa shape index (κ2) is 4.79. The van der Waals surface area contributed by atoms with Gasteiger partial charge in [-0.3, -0.25) is 4.39 Å². The van der Waals surface area contributed by atoms with E-state index in [0.717, 1.165) is 0 Å². The van der Waals surface area contributed by atoms with E-state index in [1.54, 1.807) is 12.3 Å². The standard InChI is InChI=1S/C5H8FNS/c1-2-8(5-7)4-3-6/h2H,3-4H2,1H3. The van der Waals surface area contributed by atoms with Crippen LogP contribution in [0.5, 0.6) is 0 Å². The minimum absolute atomic E-state index is 0.368. The first kappa shape index (κ1) is 7.64. The summed E-state index contributed by atoms with van der Waals surface area (Å²) in [6, 6.07) is 0. The molecule has 1 nitrogen and oxygen atoms in total. The van der Waals surface area contributed by atoms with Gasteiger partial charge in [-0.05, 0) is 6.92 Å². The van der Waals surface area contributed by atoms with Crippen molar-refractivity contribution in [2.75, 3.05) is 12.4 Å². The third-order valence-electron chi connectivity index (χ3n) is 0.699. The monoisotopic (exact) mass is 133 g/mol. The van der Waals surface area contributed by atoms with Crippen LogP contribution in [-0.4, -0.2) is 17.8 Å². The molecule has 1 unspecified atom stereocenters. The van der Waals surface area contributed by atoms with Gasteiger partial charge < -0.3 is 0 Å². The third-order valence-corrected chi connectivity index (χ3v) is 2.10. The van der Waals surface area contributed by atoms with Gasteiger partial charge in [-0.25, -0.2) is 0 Å². The molecule has 3 heteroatoms. The van der Waals surface area contributed by atoms with E-state index < -0.39 is 10.5 Å². The zero-order valence-electron chi connectivity index (χ0n) is 4.72. The van der Waals surface area contributed by atoms with E-state index >= 15 is 0 Å². The van der Waals surface area contributed by atoms with E-state index in [0.29, 0.717) is 5.75 Å². The fourth-order valence-electron chi connectivity index (χ4n) is 0.299. The Labute approximate surface area is 51.1 Å². The molecule has 0 aromatic carbocycles. The van der Waals surface area contributed by atoms with Gasteiger partial charge in [0.2, 0.25) is 0 Å². The summed E-state index contributed by atoms with van der Waals surface area (Å²) >= 11 is 0.